The van der Waals surface area contributed by atoms with Crippen molar-refractivity contribution in [1.29, 1.82) is 0 Å². The molecule has 0 aromatic heterocycles. The summed E-state index contributed by atoms with van der Waals surface area (Å²) in [4.78, 5) is 11.1. The highest BCUT2D eigenvalue weighted by atomic mass is 16.7. The van der Waals surface area contributed by atoms with Gasteiger partial charge in [-0.2, -0.15) is 0 Å². The number of hydrogen-bond donors (Lipinski definition) is 1. The van der Waals surface area contributed by atoms with Gasteiger partial charge in [0.1, 0.15) is 13.4 Å². The Morgan fingerprint density at radius 3 is 2.71 bits per heavy atom. The zero-order chi connectivity index (χ0) is 11.0. The van der Waals surface area contributed by atoms with Crippen molar-refractivity contribution in [2.24, 2.45) is 0 Å². The molecule has 0 aromatic carbocycles. The molecule has 82 valence electrons. The molecule has 0 bridgehead atoms. The smallest absolute Gasteiger partial charge is 0.335 e. The van der Waals surface area contributed by atoms with E-state index in [1.165, 1.54) is 14.0 Å². The zero-order valence-electron chi connectivity index (χ0n) is 8.49. The average molecular weight is 204 g/mol. The topological polar surface area (TPSA) is 65.0 Å². The second kappa shape index (κ2) is 7.49. The lowest BCUT2D eigenvalue weighted by molar-refractivity contribution is -0.142. The van der Waals surface area contributed by atoms with E-state index in [2.05, 4.69) is 16.1 Å². The number of rotatable bonds is 7. The molecule has 0 aliphatic rings. The van der Waals surface area contributed by atoms with Gasteiger partial charge in [0.05, 0.1) is 18.3 Å². The number of aliphatic hydroxyl groups is 1. The SMILES string of the molecule is C=C(COCOC)C(=O)OCC(C)O. The van der Waals surface area contributed by atoms with Gasteiger partial charge in [-0.25, -0.2) is 4.79 Å². The molecule has 0 amide bonds. The normalized spacial score (nSPS) is 12.2. The number of esters is 1. The van der Waals surface area contributed by atoms with Crippen LogP contribution in [0.1, 0.15) is 6.92 Å². The van der Waals surface area contributed by atoms with Crippen LogP contribution in [0.5, 0.6) is 0 Å². The van der Waals surface area contributed by atoms with Gasteiger partial charge < -0.3 is 19.3 Å². The first kappa shape index (κ1) is 13.1. The molecule has 1 N–H and O–H groups in total. The van der Waals surface area contributed by atoms with Crippen molar-refractivity contribution in [1.82, 2.24) is 0 Å². The van der Waals surface area contributed by atoms with Gasteiger partial charge in [-0.05, 0) is 6.92 Å². The molecule has 0 aromatic rings. The third-order valence-electron chi connectivity index (χ3n) is 1.22. The third-order valence-corrected chi connectivity index (χ3v) is 1.22. The number of carbonyl (C=O) groups excluding carboxylic acids is 1. The quantitative estimate of drug-likeness (QED) is 0.275. The van der Waals surface area contributed by atoms with Crippen molar-refractivity contribution >= 4 is 5.97 Å². The summed E-state index contributed by atoms with van der Waals surface area (Å²) >= 11 is 0. The van der Waals surface area contributed by atoms with Gasteiger partial charge in [0.25, 0.3) is 0 Å². The molecule has 0 saturated carbocycles. The molecule has 0 saturated heterocycles. The molecule has 0 aliphatic heterocycles. The lowest BCUT2D eigenvalue weighted by Crippen LogP contribution is -2.18. The summed E-state index contributed by atoms with van der Waals surface area (Å²) in [5.74, 6) is -0.568. The molecule has 14 heavy (non-hydrogen) atoms. The maximum Gasteiger partial charge on any atom is 0.335 e. The van der Waals surface area contributed by atoms with Crippen molar-refractivity contribution in [2.45, 2.75) is 13.0 Å². The number of hydrogen-bond acceptors (Lipinski definition) is 5. The molecule has 1 unspecified atom stereocenters. The standard InChI is InChI=1S/C9H16O5/c1-7(4-13-6-12-3)9(11)14-5-8(2)10/h8,10H,1,4-6H2,2-3H3. The van der Waals surface area contributed by atoms with Crippen LogP contribution in [0.15, 0.2) is 12.2 Å². The Labute approximate surface area is 83.3 Å². The lowest BCUT2D eigenvalue weighted by Gasteiger charge is -2.08. The summed E-state index contributed by atoms with van der Waals surface area (Å²) < 4.78 is 14.2. The summed E-state index contributed by atoms with van der Waals surface area (Å²) in [6.07, 6.45) is -0.674. The summed E-state index contributed by atoms with van der Waals surface area (Å²) in [6.45, 7) is 5.12. The summed E-state index contributed by atoms with van der Waals surface area (Å²) in [5, 5.41) is 8.84. The minimum Gasteiger partial charge on any atom is -0.460 e. The van der Waals surface area contributed by atoms with Crippen molar-refractivity contribution in [3.63, 3.8) is 0 Å². The van der Waals surface area contributed by atoms with E-state index >= 15 is 0 Å². The van der Waals surface area contributed by atoms with Crippen molar-refractivity contribution < 1.29 is 24.1 Å². The number of ether oxygens (including phenoxy) is 3. The zero-order valence-corrected chi connectivity index (χ0v) is 8.49. The molecule has 1 atom stereocenters. The molecule has 5 nitrogen and oxygen atoms in total. The van der Waals surface area contributed by atoms with Crippen LogP contribution in [0.25, 0.3) is 0 Å². The summed E-state index contributed by atoms with van der Waals surface area (Å²) in [6, 6.07) is 0. The Morgan fingerprint density at radius 2 is 2.21 bits per heavy atom. The van der Waals surface area contributed by atoms with E-state index in [0.29, 0.717) is 0 Å². The van der Waals surface area contributed by atoms with Crippen LogP contribution >= 0.6 is 0 Å². The van der Waals surface area contributed by atoms with E-state index in [1.807, 2.05) is 0 Å². The van der Waals surface area contributed by atoms with Gasteiger partial charge in [-0.15, -0.1) is 0 Å². The molecule has 0 rings (SSSR count). The minimum atomic E-state index is -0.674. The van der Waals surface area contributed by atoms with Crippen molar-refractivity contribution in [2.75, 3.05) is 27.1 Å². The monoisotopic (exact) mass is 204 g/mol. The molecule has 0 fully saturated rings. The second-order valence-electron chi connectivity index (χ2n) is 2.81. The van der Waals surface area contributed by atoms with Crippen molar-refractivity contribution in [3.05, 3.63) is 12.2 Å². The van der Waals surface area contributed by atoms with Crippen LogP contribution in [-0.4, -0.2) is 44.3 Å². The van der Waals surface area contributed by atoms with Crippen LogP contribution in [0, 0.1) is 0 Å². The molecule has 0 heterocycles. The van der Waals surface area contributed by atoms with E-state index in [4.69, 9.17) is 9.84 Å². The van der Waals surface area contributed by atoms with Gasteiger partial charge in [0.15, 0.2) is 0 Å². The molecule has 0 spiro atoms. The van der Waals surface area contributed by atoms with Gasteiger partial charge in [-0.3, -0.25) is 0 Å². The Morgan fingerprint density at radius 1 is 1.57 bits per heavy atom. The second-order valence-corrected chi connectivity index (χ2v) is 2.81. The summed E-state index contributed by atoms with van der Waals surface area (Å²) in [7, 11) is 1.48. The van der Waals surface area contributed by atoms with Gasteiger partial charge in [-0.1, -0.05) is 6.58 Å². The van der Waals surface area contributed by atoms with E-state index < -0.39 is 12.1 Å². The van der Waals surface area contributed by atoms with E-state index in [9.17, 15) is 4.79 Å². The van der Waals surface area contributed by atoms with Crippen LogP contribution in [0.4, 0.5) is 0 Å². The first-order valence-electron chi connectivity index (χ1n) is 4.17. The highest BCUT2D eigenvalue weighted by Gasteiger charge is 2.09. The molecular weight excluding hydrogens is 188 g/mol. The highest BCUT2D eigenvalue weighted by molar-refractivity contribution is 5.87. The number of carbonyl (C=O) groups is 1. The summed E-state index contributed by atoms with van der Waals surface area (Å²) in [5.41, 5.74) is 0.197. The highest BCUT2D eigenvalue weighted by Crippen LogP contribution is 1.97. The fourth-order valence-electron chi connectivity index (χ4n) is 0.605. The Balaban J connectivity index is 3.60. The predicted octanol–water partition coefficient (Wildman–Crippen LogP) is 0.0871. The minimum absolute atomic E-state index is 0.0396. The van der Waals surface area contributed by atoms with Crippen LogP contribution in [0.3, 0.4) is 0 Å². The van der Waals surface area contributed by atoms with E-state index in [-0.39, 0.29) is 25.6 Å². The third kappa shape index (κ3) is 6.59. The van der Waals surface area contributed by atoms with E-state index in [1.54, 1.807) is 0 Å². The number of aliphatic hydroxyl groups excluding tert-OH is 1. The van der Waals surface area contributed by atoms with Gasteiger partial charge >= 0.3 is 5.97 Å². The Bertz CT molecular complexity index is 188. The van der Waals surface area contributed by atoms with Crippen LogP contribution < -0.4 is 0 Å². The van der Waals surface area contributed by atoms with Crippen molar-refractivity contribution in [3.8, 4) is 0 Å². The molecule has 5 heteroatoms. The predicted molar refractivity (Wildman–Crippen MR) is 49.6 cm³/mol. The Hall–Kier alpha value is -0.910. The van der Waals surface area contributed by atoms with E-state index in [0.717, 1.165) is 0 Å². The Kier molecular flexibility index (Phi) is 7.00. The fraction of sp³-hybridized carbons (Fsp3) is 0.667. The average Bonchev–Trinajstić information content (AvgIpc) is 2.14. The van der Waals surface area contributed by atoms with Crippen LogP contribution in [-0.2, 0) is 19.0 Å². The maximum absolute atomic E-state index is 11.1. The first-order chi connectivity index (χ1) is 6.57. The molecule has 0 aliphatic carbocycles. The first-order valence-corrected chi connectivity index (χ1v) is 4.17. The van der Waals surface area contributed by atoms with Gasteiger partial charge in [0, 0.05) is 7.11 Å². The van der Waals surface area contributed by atoms with Gasteiger partial charge in [0.2, 0.25) is 0 Å². The maximum atomic E-state index is 11.1. The fourth-order valence-corrected chi connectivity index (χ4v) is 0.605. The largest absolute Gasteiger partial charge is 0.460 e. The lowest BCUT2D eigenvalue weighted by atomic mass is 10.3. The van der Waals surface area contributed by atoms with Crippen LogP contribution in [0.2, 0.25) is 0 Å². The number of methoxy groups -OCH3 is 1. The molecule has 0 radical (unpaired) electrons. The molecular formula is C9H16O5.